The van der Waals surface area contributed by atoms with Crippen molar-refractivity contribution in [2.75, 3.05) is 6.61 Å². The van der Waals surface area contributed by atoms with Gasteiger partial charge >= 0.3 is 5.97 Å². The molecule has 134 valence electrons. The third kappa shape index (κ3) is 5.16. The van der Waals surface area contributed by atoms with Crippen LogP contribution < -0.4 is 0 Å². The van der Waals surface area contributed by atoms with Gasteiger partial charge in [-0.3, -0.25) is 4.79 Å². The highest BCUT2D eigenvalue weighted by molar-refractivity contribution is 5.75. The van der Waals surface area contributed by atoms with E-state index < -0.39 is 6.10 Å². The number of carbonyl (C=O) groups excluding carboxylic acids is 1. The van der Waals surface area contributed by atoms with Gasteiger partial charge in [-0.05, 0) is 58.8 Å². The van der Waals surface area contributed by atoms with Gasteiger partial charge < -0.3 is 19.3 Å². The molecule has 0 radical (unpaired) electrons. The fourth-order valence-corrected chi connectivity index (χ4v) is 3.38. The third-order valence-corrected chi connectivity index (χ3v) is 5.17. The minimum absolute atomic E-state index is 0.0458. The minimum atomic E-state index is -0.396. The number of aliphatic hydroxyl groups excluding tert-OH is 1. The van der Waals surface area contributed by atoms with Gasteiger partial charge in [0.25, 0.3) is 0 Å². The van der Waals surface area contributed by atoms with Crippen molar-refractivity contribution in [2.24, 2.45) is 17.8 Å². The summed E-state index contributed by atoms with van der Waals surface area (Å²) in [5.74, 6) is 0.758. The van der Waals surface area contributed by atoms with Crippen LogP contribution >= 0.6 is 0 Å². The van der Waals surface area contributed by atoms with Crippen LogP contribution in [0.4, 0.5) is 0 Å². The summed E-state index contributed by atoms with van der Waals surface area (Å²) < 4.78 is 17.0. The molecule has 2 aliphatic rings. The molecule has 0 aromatic heterocycles. The smallest absolute Gasteiger partial charge is 0.309 e. The van der Waals surface area contributed by atoms with Gasteiger partial charge in [0.05, 0.1) is 30.8 Å². The van der Waals surface area contributed by atoms with E-state index in [1.54, 1.807) is 0 Å². The number of hydrogen-bond donors (Lipinski definition) is 1. The van der Waals surface area contributed by atoms with Crippen molar-refractivity contribution < 1.29 is 24.1 Å². The van der Waals surface area contributed by atoms with Gasteiger partial charge in [-0.15, -0.1) is 0 Å². The number of rotatable bonds is 8. The van der Waals surface area contributed by atoms with Crippen molar-refractivity contribution in [1.29, 1.82) is 0 Å². The lowest BCUT2D eigenvalue weighted by Gasteiger charge is -2.38. The molecule has 1 aliphatic carbocycles. The summed E-state index contributed by atoms with van der Waals surface area (Å²) in [4.78, 5) is 11.6. The molecular weight excluding hydrogens is 296 g/mol. The molecule has 0 aromatic carbocycles. The van der Waals surface area contributed by atoms with Gasteiger partial charge in [0.15, 0.2) is 6.29 Å². The quantitative estimate of drug-likeness (QED) is 0.694. The van der Waals surface area contributed by atoms with Gasteiger partial charge in [-0.2, -0.15) is 0 Å². The molecule has 0 spiro atoms. The summed E-state index contributed by atoms with van der Waals surface area (Å²) in [6.07, 6.45) is 3.84. The highest BCUT2D eigenvalue weighted by Crippen LogP contribution is 2.43. The summed E-state index contributed by atoms with van der Waals surface area (Å²) in [7, 11) is 0. The summed E-state index contributed by atoms with van der Waals surface area (Å²) >= 11 is 0. The normalized spacial score (nSPS) is 38.1. The number of esters is 1. The Bertz CT molecular complexity index is 386. The summed E-state index contributed by atoms with van der Waals surface area (Å²) in [6.45, 7) is 8.37. The monoisotopic (exact) mass is 328 g/mol. The van der Waals surface area contributed by atoms with Crippen LogP contribution in [-0.2, 0) is 19.0 Å². The Morgan fingerprint density at radius 3 is 2.70 bits per heavy atom. The Balaban J connectivity index is 1.70. The molecule has 5 nitrogen and oxygen atoms in total. The van der Waals surface area contributed by atoms with Gasteiger partial charge in [0, 0.05) is 5.92 Å². The van der Waals surface area contributed by atoms with Gasteiger partial charge in [-0.25, -0.2) is 0 Å². The molecule has 1 saturated heterocycles. The van der Waals surface area contributed by atoms with Crippen LogP contribution in [0.3, 0.4) is 0 Å². The molecule has 0 aromatic rings. The number of hydrogen-bond acceptors (Lipinski definition) is 5. The Hall–Kier alpha value is -0.650. The average Bonchev–Trinajstić information content (AvgIpc) is 3.28. The van der Waals surface area contributed by atoms with E-state index in [0.717, 1.165) is 32.1 Å². The molecule has 0 amide bonds. The van der Waals surface area contributed by atoms with Crippen LogP contribution in [0.25, 0.3) is 0 Å². The van der Waals surface area contributed by atoms with E-state index in [-0.39, 0.29) is 36.3 Å². The Labute approximate surface area is 139 Å². The lowest BCUT2D eigenvalue weighted by atomic mass is 9.92. The minimum Gasteiger partial charge on any atom is -0.466 e. The molecule has 1 heterocycles. The number of ether oxygens (including phenoxy) is 3. The van der Waals surface area contributed by atoms with E-state index in [2.05, 4.69) is 13.8 Å². The summed E-state index contributed by atoms with van der Waals surface area (Å²) in [5, 5.41) is 9.92. The molecule has 7 atom stereocenters. The topological polar surface area (TPSA) is 65.0 Å². The van der Waals surface area contributed by atoms with E-state index >= 15 is 0 Å². The first-order valence-corrected chi connectivity index (χ1v) is 9.11. The maximum Gasteiger partial charge on any atom is 0.309 e. The first-order valence-electron chi connectivity index (χ1n) is 9.11. The Morgan fingerprint density at radius 1 is 1.30 bits per heavy atom. The number of carbonyl (C=O) groups is 1. The Kier molecular flexibility index (Phi) is 6.86. The van der Waals surface area contributed by atoms with E-state index in [9.17, 15) is 9.90 Å². The predicted octanol–water partition coefficient (Wildman–Crippen LogP) is 2.89. The molecule has 1 N–H and O–H groups in total. The van der Waals surface area contributed by atoms with E-state index in [1.807, 2.05) is 13.8 Å². The van der Waals surface area contributed by atoms with Crippen molar-refractivity contribution in [2.45, 2.75) is 84.4 Å². The maximum atomic E-state index is 11.6. The Morgan fingerprint density at radius 2 is 2.04 bits per heavy atom. The average molecular weight is 328 g/mol. The molecule has 1 aliphatic heterocycles. The van der Waals surface area contributed by atoms with Crippen molar-refractivity contribution in [3.63, 3.8) is 0 Å². The molecule has 2 fully saturated rings. The first-order chi connectivity index (χ1) is 11.0. The van der Waals surface area contributed by atoms with E-state index in [1.165, 1.54) is 0 Å². The van der Waals surface area contributed by atoms with Crippen LogP contribution in [-0.4, -0.2) is 42.3 Å². The van der Waals surface area contributed by atoms with Crippen LogP contribution in [0.5, 0.6) is 0 Å². The van der Waals surface area contributed by atoms with Gasteiger partial charge in [0.1, 0.15) is 0 Å². The standard InChI is InChI=1S/C18H32O5/c1-5-13-10-16(19)12(4)23-18(13)22-11(3)7-8-14-9-15(14)17(20)21-6-2/h11-16,18-19H,5-10H2,1-4H3/t11-,12+,13-,14?,15?,16-,18-/m1/s1. The SMILES string of the molecule is CCOC(=O)C1CC1CC[C@@H](C)O[C@@H]1O[C@@H](C)[C@H](O)C[C@H]1CC. The van der Waals surface area contributed by atoms with Crippen molar-refractivity contribution in [3.8, 4) is 0 Å². The van der Waals surface area contributed by atoms with Crippen molar-refractivity contribution in [3.05, 3.63) is 0 Å². The van der Waals surface area contributed by atoms with Gasteiger partial charge in [-0.1, -0.05) is 6.92 Å². The fraction of sp³-hybridized carbons (Fsp3) is 0.944. The molecule has 2 unspecified atom stereocenters. The lowest BCUT2D eigenvalue weighted by Crippen LogP contribution is -2.45. The zero-order valence-corrected chi connectivity index (χ0v) is 14.9. The van der Waals surface area contributed by atoms with Crippen LogP contribution in [0.15, 0.2) is 0 Å². The first kappa shape index (κ1) is 18.7. The zero-order valence-electron chi connectivity index (χ0n) is 14.9. The summed E-state index contributed by atoms with van der Waals surface area (Å²) in [5.41, 5.74) is 0. The molecule has 2 rings (SSSR count). The highest BCUT2D eigenvalue weighted by Gasteiger charge is 2.44. The molecule has 5 heteroatoms. The molecule has 0 bridgehead atoms. The predicted molar refractivity (Wildman–Crippen MR) is 86.8 cm³/mol. The largest absolute Gasteiger partial charge is 0.466 e. The van der Waals surface area contributed by atoms with Crippen LogP contribution in [0.1, 0.15) is 59.8 Å². The molecule has 23 heavy (non-hydrogen) atoms. The highest BCUT2D eigenvalue weighted by atomic mass is 16.7. The van der Waals surface area contributed by atoms with Crippen molar-refractivity contribution >= 4 is 5.97 Å². The second-order valence-electron chi connectivity index (χ2n) is 7.06. The van der Waals surface area contributed by atoms with Crippen molar-refractivity contribution in [1.82, 2.24) is 0 Å². The third-order valence-electron chi connectivity index (χ3n) is 5.17. The van der Waals surface area contributed by atoms with E-state index in [0.29, 0.717) is 12.5 Å². The number of aliphatic hydroxyl groups is 1. The van der Waals surface area contributed by atoms with Crippen LogP contribution in [0.2, 0.25) is 0 Å². The second-order valence-corrected chi connectivity index (χ2v) is 7.06. The fourth-order valence-electron chi connectivity index (χ4n) is 3.38. The van der Waals surface area contributed by atoms with Crippen LogP contribution in [0, 0.1) is 17.8 Å². The maximum absolute atomic E-state index is 11.6. The van der Waals surface area contributed by atoms with Gasteiger partial charge in [0.2, 0.25) is 0 Å². The molecule has 1 saturated carbocycles. The zero-order chi connectivity index (χ0) is 17.0. The summed E-state index contributed by atoms with van der Waals surface area (Å²) in [6, 6.07) is 0. The molecular formula is C18H32O5. The second kappa shape index (κ2) is 8.45. The van der Waals surface area contributed by atoms with E-state index in [4.69, 9.17) is 14.2 Å². The lowest BCUT2D eigenvalue weighted by molar-refractivity contribution is -0.259.